The average Bonchev–Trinajstić information content (AvgIpc) is 3.27. The van der Waals surface area contributed by atoms with Crippen molar-refractivity contribution in [2.75, 3.05) is 26.2 Å². The van der Waals surface area contributed by atoms with E-state index < -0.39 is 0 Å². The first-order valence-electron chi connectivity index (χ1n) is 9.33. The lowest BCUT2D eigenvalue weighted by Crippen LogP contribution is -2.48. The lowest BCUT2D eigenvalue weighted by atomic mass is 10.1. The summed E-state index contributed by atoms with van der Waals surface area (Å²) in [7, 11) is 0. The Morgan fingerprint density at radius 3 is 2.67 bits per heavy atom. The highest BCUT2D eigenvalue weighted by Gasteiger charge is 2.23. The quantitative estimate of drug-likeness (QED) is 0.687. The van der Waals surface area contributed by atoms with Crippen LogP contribution in [0.1, 0.15) is 46.7 Å². The lowest BCUT2D eigenvalue weighted by molar-refractivity contribution is 0.0627. The van der Waals surface area contributed by atoms with Gasteiger partial charge in [0.2, 0.25) is 0 Å². The average molecular weight is 385 g/mol. The van der Waals surface area contributed by atoms with Crippen LogP contribution in [0.5, 0.6) is 0 Å². The van der Waals surface area contributed by atoms with Crippen LogP contribution in [0.25, 0.3) is 11.1 Å². The minimum absolute atomic E-state index is 0.0650. The summed E-state index contributed by atoms with van der Waals surface area (Å²) in [6.45, 7) is 10.2. The number of aromatic nitrogens is 2. The molecule has 1 saturated heterocycles. The smallest absolute Gasteiger partial charge is 0.254 e. The van der Waals surface area contributed by atoms with E-state index in [9.17, 15) is 4.79 Å². The van der Waals surface area contributed by atoms with Crippen LogP contribution >= 0.6 is 11.3 Å². The van der Waals surface area contributed by atoms with E-state index in [1.807, 2.05) is 43.9 Å². The molecular formula is C20H24N4O2S. The van der Waals surface area contributed by atoms with Crippen molar-refractivity contribution in [2.24, 2.45) is 0 Å². The van der Waals surface area contributed by atoms with Crippen molar-refractivity contribution < 1.29 is 9.21 Å². The molecular weight excluding hydrogens is 360 g/mol. The molecule has 0 radical (unpaired) electrons. The maximum atomic E-state index is 12.9. The number of amides is 1. The highest BCUT2D eigenvalue weighted by molar-refractivity contribution is 7.09. The number of benzene rings is 1. The van der Waals surface area contributed by atoms with Gasteiger partial charge in [0, 0.05) is 49.6 Å². The van der Waals surface area contributed by atoms with E-state index in [1.165, 1.54) is 0 Å². The highest BCUT2D eigenvalue weighted by Crippen LogP contribution is 2.23. The van der Waals surface area contributed by atoms with Crippen molar-refractivity contribution in [3.8, 4) is 0 Å². The first-order chi connectivity index (χ1) is 13.0. The van der Waals surface area contributed by atoms with E-state index in [1.54, 1.807) is 11.3 Å². The number of nitrogens with zero attached hydrogens (tertiary/aromatic N) is 4. The second-order valence-electron chi connectivity index (χ2n) is 7.32. The van der Waals surface area contributed by atoms with Gasteiger partial charge in [0.05, 0.1) is 10.7 Å². The van der Waals surface area contributed by atoms with Crippen molar-refractivity contribution in [2.45, 2.75) is 33.2 Å². The molecule has 0 unspecified atom stereocenters. The fraction of sp³-hybridized carbons (Fsp3) is 0.450. The molecule has 3 aromatic rings. The van der Waals surface area contributed by atoms with Crippen molar-refractivity contribution in [1.82, 2.24) is 19.8 Å². The fourth-order valence-electron chi connectivity index (χ4n) is 3.33. The first kappa shape index (κ1) is 18.1. The number of rotatable bonds is 4. The molecule has 0 N–H and O–H groups in total. The van der Waals surface area contributed by atoms with E-state index in [4.69, 9.17) is 4.42 Å². The summed E-state index contributed by atoms with van der Waals surface area (Å²) in [5.74, 6) is 1.00. The Labute approximate surface area is 162 Å². The van der Waals surface area contributed by atoms with E-state index in [0.29, 0.717) is 11.5 Å². The van der Waals surface area contributed by atoms with Gasteiger partial charge in [0.15, 0.2) is 11.5 Å². The number of carbonyl (C=O) groups is 1. The molecule has 0 atom stereocenters. The van der Waals surface area contributed by atoms with Gasteiger partial charge in [0.25, 0.3) is 5.91 Å². The van der Waals surface area contributed by atoms with Crippen molar-refractivity contribution >= 4 is 28.3 Å². The summed E-state index contributed by atoms with van der Waals surface area (Å²) >= 11 is 1.68. The maximum Gasteiger partial charge on any atom is 0.254 e. The number of carbonyl (C=O) groups excluding carboxylic acids is 1. The largest absolute Gasteiger partial charge is 0.440 e. The highest BCUT2D eigenvalue weighted by atomic mass is 32.1. The Bertz CT molecular complexity index is 954. The van der Waals surface area contributed by atoms with Gasteiger partial charge in [-0.25, -0.2) is 9.97 Å². The van der Waals surface area contributed by atoms with E-state index >= 15 is 0 Å². The molecule has 0 aliphatic carbocycles. The Balaban J connectivity index is 1.40. The summed E-state index contributed by atoms with van der Waals surface area (Å²) in [5, 5.41) is 3.22. The zero-order valence-corrected chi connectivity index (χ0v) is 16.8. The Morgan fingerprint density at radius 2 is 2.00 bits per heavy atom. The topological polar surface area (TPSA) is 62.5 Å². The van der Waals surface area contributed by atoms with Crippen LogP contribution < -0.4 is 0 Å². The number of piperazine rings is 1. The van der Waals surface area contributed by atoms with Gasteiger partial charge in [-0.3, -0.25) is 9.69 Å². The number of thiazole rings is 1. The molecule has 6 nitrogen and oxygen atoms in total. The van der Waals surface area contributed by atoms with Gasteiger partial charge < -0.3 is 9.32 Å². The number of oxazole rings is 1. The molecule has 0 bridgehead atoms. The molecule has 1 amide bonds. The summed E-state index contributed by atoms with van der Waals surface area (Å²) in [6.07, 6.45) is 0. The molecule has 3 heterocycles. The molecule has 0 spiro atoms. The predicted octanol–water partition coefficient (Wildman–Crippen LogP) is 3.67. The van der Waals surface area contributed by atoms with Crippen LogP contribution in [-0.2, 0) is 6.54 Å². The van der Waals surface area contributed by atoms with E-state index in [0.717, 1.165) is 54.5 Å². The van der Waals surface area contributed by atoms with E-state index in [2.05, 4.69) is 20.2 Å². The van der Waals surface area contributed by atoms with Crippen LogP contribution in [-0.4, -0.2) is 51.9 Å². The van der Waals surface area contributed by atoms with Crippen molar-refractivity contribution in [3.63, 3.8) is 0 Å². The van der Waals surface area contributed by atoms with Crippen molar-refractivity contribution in [1.29, 1.82) is 0 Å². The summed E-state index contributed by atoms with van der Waals surface area (Å²) < 4.78 is 5.73. The predicted molar refractivity (Wildman–Crippen MR) is 106 cm³/mol. The third-order valence-corrected chi connectivity index (χ3v) is 5.68. The molecule has 1 aromatic carbocycles. The number of hydrogen-bond acceptors (Lipinski definition) is 6. The fourth-order valence-corrected chi connectivity index (χ4v) is 3.93. The zero-order valence-electron chi connectivity index (χ0n) is 15.9. The normalized spacial score (nSPS) is 15.8. The SMILES string of the molecule is Cc1nc(CN2CCN(C(=O)c3ccc4oc(C(C)C)nc4c3)CC2)cs1. The second kappa shape index (κ2) is 7.40. The van der Waals surface area contributed by atoms with Gasteiger partial charge in [-0.05, 0) is 25.1 Å². The van der Waals surface area contributed by atoms with Gasteiger partial charge in [-0.15, -0.1) is 11.3 Å². The van der Waals surface area contributed by atoms with Gasteiger partial charge in [0.1, 0.15) is 5.52 Å². The molecule has 2 aromatic heterocycles. The standard InChI is InChI=1S/C20H24N4O2S/c1-13(2)19-22-17-10-15(4-5-18(17)26-19)20(25)24-8-6-23(7-9-24)11-16-12-27-14(3)21-16/h4-5,10,12-13H,6-9,11H2,1-3H3. The molecule has 27 heavy (non-hydrogen) atoms. The van der Waals surface area contributed by atoms with Crippen LogP contribution in [0.4, 0.5) is 0 Å². The van der Waals surface area contributed by atoms with Gasteiger partial charge in [-0.2, -0.15) is 0 Å². The Morgan fingerprint density at radius 1 is 1.22 bits per heavy atom. The maximum absolute atomic E-state index is 12.9. The third-order valence-electron chi connectivity index (χ3n) is 4.86. The van der Waals surface area contributed by atoms with Crippen LogP contribution in [0, 0.1) is 6.92 Å². The summed E-state index contributed by atoms with van der Waals surface area (Å²) in [4.78, 5) is 26.2. The van der Waals surface area contributed by atoms with E-state index in [-0.39, 0.29) is 11.8 Å². The second-order valence-corrected chi connectivity index (χ2v) is 8.38. The van der Waals surface area contributed by atoms with Crippen LogP contribution in [0.3, 0.4) is 0 Å². The molecule has 7 heteroatoms. The zero-order chi connectivity index (χ0) is 19.0. The number of hydrogen-bond donors (Lipinski definition) is 0. The Hall–Kier alpha value is -2.25. The third kappa shape index (κ3) is 3.89. The summed E-state index contributed by atoms with van der Waals surface area (Å²) in [6, 6.07) is 5.53. The minimum Gasteiger partial charge on any atom is -0.440 e. The number of aryl methyl sites for hydroxylation is 1. The van der Waals surface area contributed by atoms with Gasteiger partial charge in [-0.1, -0.05) is 13.8 Å². The van der Waals surface area contributed by atoms with Crippen LogP contribution in [0.15, 0.2) is 28.0 Å². The molecule has 4 rings (SSSR count). The van der Waals surface area contributed by atoms with Crippen LogP contribution in [0.2, 0.25) is 0 Å². The number of fused-ring (bicyclic) bond motifs is 1. The summed E-state index contributed by atoms with van der Waals surface area (Å²) in [5.41, 5.74) is 3.28. The monoisotopic (exact) mass is 384 g/mol. The minimum atomic E-state index is 0.0650. The lowest BCUT2D eigenvalue weighted by Gasteiger charge is -2.34. The molecule has 0 saturated carbocycles. The van der Waals surface area contributed by atoms with Crippen molar-refractivity contribution in [3.05, 3.63) is 45.7 Å². The molecule has 1 fully saturated rings. The molecule has 1 aliphatic heterocycles. The first-order valence-corrected chi connectivity index (χ1v) is 10.2. The Kier molecular flexibility index (Phi) is 4.97. The molecule has 142 valence electrons. The van der Waals surface area contributed by atoms with Gasteiger partial charge >= 0.3 is 0 Å². The molecule has 1 aliphatic rings.